The summed E-state index contributed by atoms with van der Waals surface area (Å²) in [7, 11) is 0. The molecule has 4 rings (SSSR count). The lowest BCUT2D eigenvalue weighted by molar-refractivity contribution is 0.795. The number of aromatic amines is 1. The second-order valence-corrected chi connectivity index (χ2v) is 6.67. The van der Waals surface area contributed by atoms with E-state index in [1.165, 1.54) is 16.5 Å². The summed E-state index contributed by atoms with van der Waals surface area (Å²) in [5, 5.41) is 12.8. The molecule has 2 N–H and O–H groups in total. The Morgan fingerprint density at radius 2 is 1.86 bits per heavy atom. The molecule has 2 heterocycles. The van der Waals surface area contributed by atoms with Crippen molar-refractivity contribution in [3.8, 4) is 0 Å². The first-order chi connectivity index (χ1) is 13.8. The van der Waals surface area contributed by atoms with E-state index in [1.54, 1.807) is 6.20 Å². The van der Waals surface area contributed by atoms with Crippen LogP contribution < -0.4 is 10.2 Å². The molecule has 142 valence electrons. The number of aromatic nitrogens is 4. The Hall–Kier alpha value is -3.41. The van der Waals surface area contributed by atoms with Crippen LogP contribution in [0.3, 0.4) is 0 Å². The zero-order chi connectivity index (χ0) is 19.2. The number of rotatable bonds is 8. The summed E-state index contributed by atoms with van der Waals surface area (Å²) in [5.41, 5.74) is 3.69. The van der Waals surface area contributed by atoms with Gasteiger partial charge in [-0.15, -0.1) is 5.10 Å². The first kappa shape index (κ1) is 18.0. The van der Waals surface area contributed by atoms with Crippen molar-refractivity contribution in [1.29, 1.82) is 0 Å². The normalized spacial score (nSPS) is 10.9. The SMILES string of the molecule is CCN(Cc1ccccc1)c1cnnc(NCCc2c[nH]c3ccccc23)n1. The molecule has 0 fully saturated rings. The van der Waals surface area contributed by atoms with Gasteiger partial charge < -0.3 is 15.2 Å². The standard InChI is InChI=1S/C22H24N6/c1-2-28(16-17-8-4-3-5-9-17)21-15-25-27-22(26-21)23-13-12-18-14-24-20-11-7-6-10-19(18)20/h3-11,14-15,24H,2,12-13,16H2,1H3,(H,23,26,27). The van der Waals surface area contributed by atoms with Crippen LogP contribution in [-0.4, -0.2) is 33.3 Å². The fourth-order valence-corrected chi connectivity index (χ4v) is 3.33. The second-order valence-electron chi connectivity index (χ2n) is 6.67. The summed E-state index contributed by atoms with van der Waals surface area (Å²) in [6, 6.07) is 18.7. The molecule has 0 saturated heterocycles. The van der Waals surface area contributed by atoms with Crippen LogP contribution in [0.2, 0.25) is 0 Å². The summed E-state index contributed by atoms with van der Waals surface area (Å²) in [6.07, 6.45) is 4.68. The fraction of sp³-hybridized carbons (Fsp3) is 0.227. The van der Waals surface area contributed by atoms with E-state index in [2.05, 4.69) is 86.0 Å². The molecule has 4 aromatic rings. The van der Waals surface area contributed by atoms with Crippen LogP contribution in [0.4, 0.5) is 11.8 Å². The summed E-state index contributed by atoms with van der Waals surface area (Å²) in [5.74, 6) is 1.39. The monoisotopic (exact) mass is 372 g/mol. The Balaban J connectivity index is 1.40. The second kappa shape index (κ2) is 8.52. The van der Waals surface area contributed by atoms with E-state index in [0.717, 1.165) is 37.4 Å². The highest BCUT2D eigenvalue weighted by atomic mass is 15.3. The van der Waals surface area contributed by atoms with Crippen molar-refractivity contribution in [2.45, 2.75) is 19.9 Å². The van der Waals surface area contributed by atoms with Crippen LogP contribution in [0.5, 0.6) is 0 Å². The van der Waals surface area contributed by atoms with Gasteiger partial charge in [0.25, 0.3) is 0 Å². The molecule has 0 bridgehead atoms. The molecule has 6 heteroatoms. The van der Waals surface area contributed by atoms with Crippen LogP contribution in [0.1, 0.15) is 18.1 Å². The zero-order valence-corrected chi connectivity index (χ0v) is 16.0. The number of fused-ring (bicyclic) bond motifs is 1. The Morgan fingerprint density at radius 1 is 1.04 bits per heavy atom. The van der Waals surface area contributed by atoms with Gasteiger partial charge in [0.15, 0.2) is 5.82 Å². The highest BCUT2D eigenvalue weighted by Gasteiger charge is 2.09. The first-order valence-corrected chi connectivity index (χ1v) is 9.61. The average Bonchev–Trinajstić information content (AvgIpc) is 3.16. The van der Waals surface area contributed by atoms with Crippen molar-refractivity contribution >= 4 is 22.7 Å². The molecule has 2 aromatic heterocycles. The molecular weight excluding hydrogens is 348 g/mol. The maximum Gasteiger partial charge on any atom is 0.244 e. The molecule has 0 radical (unpaired) electrons. The topological polar surface area (TPSA) is 69.7 Å². The van der Waals surface area contributed by atoms with Gasteiger partial charge in [0, 0.05) is 36.7 Å². The third kappa shape index (κ3) is 4.11. The number of hydrogen-bond acceptors (Lipinski definition) is 5. The maximum absolute atomic E-state index is 4.65. The zero-order valence-electron chi connectivity index (χ0n) is 16.0. The van der Waals surface area contributed by atoms with E-state index in [0.29, 0.717) is 5.95 Å². The van der Waals surface area contributed by atoms with Crippen LogP contribution in [0.15, 0.2) is 67.0 Å². The highest BCUT2D eigenvalue weighted by Crippen LogP contribution is 2.18. The van der Waals surface area contributed by atoms with Gasteiger partial charge in [-0.25, -0.2) is 0 Å². The van der Waals surface area contributed by atoms with E-state index < -0.39 is 0 Å². The number of H-pyrrole nitrogens is 1. The molecule has 0 aliphatic heterocycles. The lowest BCUT2D eigenvalue weighted by Gasteiger charge is -2.21. The van der Waals surface area contributed by atoms with Crippen LogP contribution in [-0.2, 0) is 13.0 Å². The lowest BCUT2D eigenvalue weighted by Crippen LogP contribution is -2.24. The van der Waals surface area contributed by atoms with Gasteiger partial charge in [-0.2, -0.15) is 10.1 Å². The highest BCUT2D eigenvalue weighted by molar-refractivity contribution is 5.83. The van der Waals surface area contributed by atoms with E-state index in [1.807, 2.05) is 12.1 Å². The van der Waals surface area contributed by atoms with Gasteiger partial charge in [0.1, 0.15) is 0 Å². The Bertz CT molecular complexity index is 1030. The van der Waals surface area contributed by atoms with E-state index >= 15 is 0 Å². The van der Waals surface area contributed by atoms with Crippen LogP contribution in [0, 0.1) is 0 Å². The number of para-hydroxylation sites is 1. The predicted octanol–water partition coefficient (Wildman–Crippen LogP) is 4.03. The van der Waals surface area contributed by atoms with Crippen molar-refractivity contribution in [3.63, 3.8) is 0 Å². The fourth-order valence-electron chi connectivity index (χ4n) is 3.33. The largest absolute Gasteiger partial charge is 0.361 e. The Labute approximate surface area is 164 Å². The van der Waals surface area contributed by atoms with Crippen LogP contribution >= 0.6 is 0 Å². The minimum atomic E-state index is 0.559. The molecule has 0 saturated carbocycles. The molecule has 28 heavy (non-hydrogen) atoms. The Kier molecular flexibility index (Phi) is 5.47. The Morgan fingerprint density at radius 3 is 2.71 bits per heavy atom. The van der Waals surface area contributed by atoms with E-state index in [9.17, 15) is 0 Å². The van der Waals surface area contributed by atoms with Gasteiger partial charge in [0.05, 0.1) is 6.20 Å². The third-order valence-electron chi connectivity index (χ3n) is 4.82. The minimum Gasteiger partial charge on any atom is -0.361 e. The summed E-state index contributed by atoms with van der Waals surface area (Å²) >= 11 is 0. The average molecular weight is 372 g/mol. The van der Waals surface area contributed by atoms with E-state index in [4.69, 9.17) is 0 Å². The van der Waals surface area contributed by atoms with Gasteiger partial charge >= 0.3 is 0 Å². The smallest absolute Gasteiger partial charge is 0.244 e. The maximum atomic E-state index is 4.65. The van der Waals surface area contributed by atoms with Crippen molar-refractivity contribution in [1.82, 2.24) is 20.2 Å². The molecule has 0 unspecified atom stereocenters. The number of anilines is 2. The molecule has 0 amide bonds. The molecular formula is C22H24N6. The molecule has 0 aliphatic rings. The third-order valence-corrected chi connectivity index (χ3v) is 4.82. The predicted molar refractivity (Wildman–Crippen MR) is 113 cm³/mol. The molecule has 6 nitrogen and oxygen atoms in total. The molecule has 0 aliphatic carbocycles. The number of nitrogens with one attached hydrogen (secondary N) is 2. The molecule has 2 aromatic carbocycles. The summed E-state index contributed by atoms with van der Waals surface area (Å²) < 4.78 is 0. The van der Waals surface area contributed by atoms with Gasteiger partial charge in [-0.3, -0.25) is 0 Å². The number of benzene rings is 2. The van der Waals surface area contributed by atoms with Crippen molar-refractivity contribution in [2.24, 2.45) is 0 Å². The van der Waals surface area contributed by atoms with Gasteiger partial charge in [0.2, 0.25) is 5.95 Å². The van der Waals surface area contributed by atoms with Crippen molar-refractivity contribution in [2.75, 3.05) is 23.3 Å². The molecule has 0 spiro atoms. The summed E-state index contributed by atoms with van der Waals surface area (Å²) in [4.78, 5) is 10.2. The van der Waals surface area contributed by atoms with Gasteiger partial charge in [-0.1, -0.05) is 48.5 Å². The number of hydrogen-bond donors (Lipinski definition) is 2. The quantitative estimate of drug-likeness (QED) is 0.489. The summed E-state index contributed by atoms with van der Waals surface area (Å²) in [6.45, 7) is 4.51. The van der Waals surface area contributed by atoms with Gasteiger partial charge in [-0.05, 0) is 30.5 Å². The minimum absolute atomic E-state index is 0.559. The number of nitrogens with zero attached hydrogens (tertiary/aromatic N) is 4. The molecule has 0 atom stereocenters. The van der Waals surface area contributed by atoms with E-state index in [-0.39, 0.29) is 0 Å². The van der Waals surface area contributed by atoms with Crippen molar-refractivity contribution in [3.05, 3.63) is 78.1 Å². The lowest BCUT2D eigenvalue weighted by atomic mass is 10.1. The first-order valence-electron chi connectivity index (χ1n) is 9.61. The van der Waals surface area contributed by atoms with Crippen molar-refractivity contribution < 1.29 is 0 Å². The van der Waals surface area contributed by atoms with Crippen LogP contribution in [0.25, 0.3) is 10.9 Å².